The minimum atomic E-state index is -0.871. The number of halogens is 1. The molecule has 2 N–H and O–H groups in total. The molecular formula is C69H83FN12O9S. The van der Waals surface area contributed by atoms with E-state index < -0.39 is 35.6 Å². The van der Waals surface area contributed by atoms with Crippen molar-refractivity contribution in [2.45, 2.75) is 160 Å². The lowest BCUT2D eigenvalue weighted by Gasteiger charge is -2.42. The van der Waals surface area contributed by atoms with Crippen molar-refractivity contribution >= 4 is 68.6 Å². The molecule has 92 heavy (non-hydrogen) atoms. The predicted molar refractivity (Wildman–Crippen MR) is 348 cm³/mol. The summed E-state index contributed by atoms with van der Waals surface area (Å²) in [5.41, 5.74) is 5.82. The second kappa shape index (κ2) is 25.5. The lowest BCUT2D eigenvalue weighted by atomic mass is 9.91. The first kappa shape index (κ1) is 62.8. The minimum Gasteiger partial charge on any atom is -0.461 e. The molecule has 2 bridgehead atoms. The molecule has 0 radical (unpaired) electrons. The Morgan fingerprint density at radius 3 is 2.35 bits per heavy atom. The Bertz CT molecular complexity index is 3890. The van der Waals surface area contributed by atoms with Crippen LogP contribution in [0.1, 0.15) is 128 Å². The fourth-order valence-corrected chi connectivity index (χ4v) is 16.0. The number of pyridine rings is 1. The van der Waals surface area contributed by atoms with Gasteiger partial charge < -0.3 is 48.8 Å². The van der Waals surface area contributed by atoms with Gasteiger partial charge in [-0.15, -0.1) is 11.3 Å². The number of hydrogen-bond acceptors (Lipinski definition) is 18. The number of carbonyl (C=O) groups is 4. The molecule has 0 spiro atoms. The molecule has 0 aliphatic carbocycles. The predicted octanol–water partition coefficient (Wildman–Crippen LogP) is 10.5. The zero-order valence-corrected chi connectivity index (χ0v) is 54.6. The Labute approximate surface area is 539 Å². The van der Waals surface area contributed by atoms with Crippen molar-refractivity contribution in [1.29, 1.82) is 0 Å². The van der Waals surface area contributed by atoms with Gasteiger partial charge in [-0.1, -0.05) is 86.6 Å². The molecule has 10 heterocycles. The molecule has 23 heteroatoms. The number of anilines is 2. The van der Waals surface area contributed by atoms with Gasteiger partial charge in [0.15, 0.2) is 17.4 Å². The highest BCUT2D eigenvalue weighted by Gasteiger charge is 2.51. The molecule has 0 saturated carbocycles. The molecule has 3 aromatic carbocycles. The third-order valence-electron chi connectivity index (χ3n) is 19.8. The normalized spacial score (nSPS) is 23.2. The van der Waals surface area contributed by atoms with Crippen LogP contribution in [0.2, 0.25) is 0 Å². The lowest BCUT2D eigenvalue weighted by molar-refractivity contribution is -0.141. The zero-order valence-electron chi connectivity index (χ0n) is 53.8. The van der Waals surface area contributed by atoms with Crippen LogP contribution in [0, 0.1) is 18.7 Å². The van der Waals surface area contributed by atoms with Crippen molar-refractivity contribution in [1.82, 2.24) is 50.0 Å². The first-order valence-electron chi connectivity index (χ1n) is 32.7. The summed E-state index contributed by atoms with van der Waals surface area (Å²) in [6.07, 6.45) is 5.96. The van der Waals surface area contributed by atoms with Crippen LogP contribution in [-0.2, 0) is 25.5 Å². The number of benzene rings is 3. The maximum Gasteiger partial charge on any atom is 0.410 e. The first-order chi connectivity index (χ1) is 44.2. The summed E-state index contributed by atoms with van der Waals surface area (Å²) in [4.78, 5) is 87.7. The molecule has 4 aromatic heterocycles. The van der Waals surface area contributed by atoms with Crippen LogP contribution in [0.4, 0.5) is 25.6 Å². The Morgan fingerprint density at radius 2 is 1.64 bits per heavy atom. The molecule has 6 aliphatic heterocycles. The standard InChI is InChI=1S/C69H83FN12O9S/c1-9-43-13-10-14-45-15-11-16-51(57(43)45)59-58(70)60-52(33-71-59)62(79-34-47-21-22-48(35-79)82(47)67(87)90-68(6,7)8)75-65(74-60)89-38-69-24-12-26-81(69)49(23-25-69)37-88-66(86)78-29-27-77(28-30-78)55-32-54(91-76-55)56(40(2)3)64(85)80-36-50(83)31-53(80)63(84)73-41(4)44-17-19-46(20-18-44)61-42(5)72-39-92-61/h10-11,13-20,32-33,39-41,47-50,53,56,83H,9,12,21-31,34-38H2,1-8H3,(H,73,84)/t41-,47?,48?,49+,50+,53-,56+,69+/m0/s1. The fourth-order valence-electron chi connectivity index (χ4n) is 15.2. The Kier molecular flexibility index (Phi) is 17.4. The van der Waals surface area contributed by atoms with E-state index in [9.17, 15) is 24.3 Å². The van der Waals surface area contributed by atoms with Gasteiger partial charge in [0, 0.05) is 76.1 Å². The number of hydrogen-bond donors (Lipinski definition) is 2. The number of aromatic nitrogens is 5. The Morgan fingerprint density at radius 1 is 0.891 bits per heavy atom. The van der Waals surface area contributed by atoms with Crippen molar-refractivity contribution in [3.63, 3.8) is 0 Å². The maximum atomic E-state index is 17.6. The maximum absolute atomic E-state index is 17.6. The number of nitrogens with one attached hydrogen (secondary N) is 1. The van der Waals surface area contributed by atoms with Crippen LogP contribution in [0.3, 0.4) is 0 Å². The van der Waals surface area contributed by atoms with Gasteiger partial charge in [0.05, 0.1) is 51.2 Å². The highest BCUT2D eigenvalue weighted by molar-refractivity contribution is 7.13. The largest absolute Gasteiger partial charge is 0.461 e. The summed E-state index contributed by atoms with van der Waals surface area (Å²) in [5.74, 6) is -0.790. The van der Waals surface area contributed by atoms with Gasteiger partial charge in [-0.3, -0.25) is 24.4 Å². The number of piperazine rings is 2. The van der Waals surface area contributed by atoms with E-state index in [0.717, 1.165) is 89.5 Å². The van der Waals surface area contributed by atoms with E-state index in [-0.39, 0.29) is 96.9 Å². The number of aryl methyl sites for hydroxylation is 2. The number of nitrogens with zero attached hydrogens (tertiary/aromatic N) is 11. The lowest BCUT2D eigenvalue weighted by Crippen LogP contribution is -2.57. The average molecular weight is 1280 g/mol. The summed E-state index contributed by atoms with van der Waals surface area (Å²) in [5, 5.41) is 20.8. The molecule has 8 atom stereocenters. The summed E-state index contributed by atoms with van der Waals surface area (Å²) in [7, 11) is 0. The molecule has 6 aliphatic rings. The van der Waals surface area contributed by atoms with Gasteiger partial charge in [-0.2, -0.15) is 9.97 Å². The Hall–Kier alpha value is -8.02. The van der Waals surface area contributed by atoms with Gasteiger partial charge >= 0.3 is 18.2 Å². The SMILES string of the molecule is CCc1cccc2cccc(-c3ncc4c(N5CC6CCC(C5)N6C(=O)OC(C)(C)C)nc(OC[C@]56CCCN5[C@@H](COC(=O)N5CCN(c7cc([C@H](C(=O)N8C[C@H](O)C[C@H]8C(=O)N[C@@H](C)c8ccc(-c9scnc9C)cc8)C(C)C)on7)CC5)CC6)nc4c3F)c12. The van der Waals surface area contributed by atoms with E-state index >= 15 is 4.39 Å². The van der Waals surface area contributed by atoms with Gasteiger partial charge in [0.2, 0.25) is 11.8 Å². The number of amides is 4. The number of rotatable bonds is 16. The number of aliphatic hydroxyl groups is 1. The number of likely N-dealkylation sites (tertiary alicyclic amines) is 1. The highest BCUT2D eigenvalue weighted by atomic mass is 32.1. The highest BCUT2D eigenvalue weighted by Crippen LogP contribution is 2.45. The van der Waals surface area contributed by atoms with Crippen LogP contribution in [-0.4, -0.2) is 181 Å². The van der Waals surface area contributed by atoms with E-state index in [1.807, 2.05) is 118 Å². The molecule has 2 unspecified atom stereocenters. The van der Waals surface area contributed by atoms with Crippen molar-refractivity contribution in [2.75, 3.05) is 75.4 Å². The smallest absolute Gasteiger partial charge is 0.410 e. The van der Waals surface area contributed by atoms with Gasteiger partial charge in [0.25, 0.3) is 0 Å². The minimum absolute atomic E-state index is 0.0189. The molecule has 13 rings (SSSR count). The number of ether oxygens (including phenoxy) is 3. The quantitative estimate of drug-likeness (QED) is 0.0917. The zero-order chi connectivity index (χ0) is 64.3. The van der Waals surface area contributed by atoms with Crippen LogP contribution < -0.4 is 19.9 Å². The number of carbonyl (C=O) groups excluding carboxylic acids is 4. The van der Waals surface area contributed by atoms with E-state index in [4.69, 9.17) is 33.7 Å². The van der Waals surface area contributed by atoms with Gasteiger partial charge in [-0.05, 0) is 119 Å². The first-order valence-corrected chi connectivity index (χ1v) is 33.6. The van der Waals surface area contributed by atoms with E-state index in [0.29, 0.717) is 67.6 Å². The van der Waals surface area contributed by atoms with Crippen LogP contribution in [0.5, 0.6) is 6.01 Å². The fraction of sp³-hybridized carbons (Fsp3) is 0.522. The summed E-state index contributed by atoms with van der Waals surface area (Å²) in [6, 6.07) is 20.3. The topological polar surface area (TPSA) is 225 Å². The number of aliphatic hydroxyl groups excluding tert-OH is 1. The second-order valence-corrected chi connectivity index (χ2v) is 28.1. The van der Waals surface area contributed by atoms with E-state index in [1.54, 1.807) is 28.5 Å². The van der Waals surface area contributed by atoms with Crippen molar-refractivity contribution in [3.05, 3.63) is 107 Å². The van der Waals surface area contributed by atoms with E-state index in [2.05, 4.69) is 38.2 Å². The molecular weight excluding hydrogens is 1190 g/mol. The Balaban J connectivity index is 0.644. The molecule has 486 valence electrons. The summed E-state index contributed by atoms with van der Waals surface area (Å²) >= 11 is 1.58. The number of fused-ring (bicyclic) bond motifs is 5. The molecule has 6 saturated heterocycles. The molecule has 6 fully saturated rings. The third kappa shape index (κ3) is 12.2. The summed E-state index contributed by atoms with van der Waals surface area (Å²) < 4.78 is 42.2. The molecule has 4 amide bonds. The van der Waals surface area contributed by atoms with E-state index in [1.165, 1.54) is 4.90 Å². The van der Waals surface area contributed by atoms with Crippen molar-refractivity contribution < 1.29 is 47.4 Å². The van der Waals surface area contributed by atoms with Crippen LogP contribution >= 0.6 is 11.3 Å². The van der Waals surface area contributed by atoms with Gasteiger partial charge in [-0.25, -0.2) is 19.0 Å². The van der Waals surface area contributed by atoms with Crippen LogP contribution in [0.15, 0.2) is 83.0 Å². The van der Waals surface area contributed by atoms with Crippen molar-refractivity contribution in [3.8, 4) is 27.7 Å². The van der Waals surface area contributed by atoms with Crippen LogP contribution in [0.25, 0.3) is 43.4 Å². The number of β-amino-alcohol motifs (C(OH)–C–C–N with tert-alkyl or cyclic N) is 1. The summed E-state index contributed by atoms with van der Waals surface area (Å²) in [6.45, 7) is 19.3. The third-order valence-corrected chi connectivity index (χ3v) is 20.8. The van der Waals surface area contributed by atoms with Crippen molar-refractivity contribution in [2.24, 2.45) is 5.92 Å². The molecule has 21 nitrogen and oxygen atoms in total. The average Bonchev–Trinajstić information content (AvgIpc) is 0.922. The van der Waals surface area contributed by atoms with Gasteiger partial charge in [0.1, 0.15) is 47.8 Å². The number of thiazole rings is 1. The second-order valence-electron chi connectivity index (χ2n) is 27.2. The molecule has 7 aromatic rings. The monoisotopic (exact) mass is 1270 g/mol.